The van der Waals surface area contributed by atoms with Crippen molar-refractivity contribution in [3.05, 3.63) is 59.2 Å². The van der Waals surface area contributed by atoms with Gasteiger partial charge in [0.05, 0.1) is 11.4 Å². The summed E-state index contributed by atoms with van der Waals surface area (Å²) in [5.41, 5.74) is 0.475. The third kappa shape index (κ3) is 3.39. The summed E-state index contributed by atoms with van der Waals surface area (Å²) in [5, 5.41) is 9.32. The number of hydrogen-bond donors (Lipinski definition) is 1. The van der Waals surface area contributed by atoms with E-state index in [1.54, 1.807) is 13.0 Å². The molecule has 0 aliphatic carbocycles. The highest BCUT2D eigenvalue weighted by Crippen LogP contribution is 2.23. The van der Waals surface area contributed by atoms with Crippen molar-refractivity contribution >= 4 is 5.97 Å². The maximum atomic E-state index is 14.2. The predicted octanol–water partition coefficient (Wildman–Crippen LogP) is 2.73. The van der Waals surface area contributed by atoms with Gasteiger partial charge in [-0.25, -0.2) is 18.7 Å². The molecule has 0 saturated heterocycles. The van der Waals surface area contributed by atoms with Gasteiger partial charge in [-0.15, -0.1) is 0 Å². The van der Waals surface area contributed by atoms with Gasteiger partial charge in [-0.2, -0.15) is 0 Å². The molecule has 4 nitrogen and oxygen atoms in total. The second kappa shape index (κ2) is 6.39. The molecule has 21 heavy (non-hydrogen) atoms. The Labute approximate surface area is 120 Å². The van der Waals surface area contributed by atoms with Crippen LogP contribution in [-0.2, 0) is 17.6 Å². The number of aromatic nitrogens is 2. The van der Waals surface area contributed by atoms with Gasteiger partial charge in [-0.3, -0.25) is 4.79 Å². The topological polar surface area (TPSA) is 63.1 Å². The van der Waals surface area contributed by atoms with Gasteiger partial charge in [0.1, 0.15) is 18.1 Å². The van der Waals surface area contributed by atoms with Crippen LogP contribution in [-0.4, -0.2) is 21.0 Å². The van der Waals surface area contributed by atoms with Crippen molar-refractivity contribution in [2.45, 2.75) is 25.7 Å². The lowest BCUT2D eigenvalue weighted by molar-refractivity contribution is -0.138. The predicted molar refractivity (Wildman–Crippen MR) is 71.8 cm³/mol. The fraction of sp³-hybridized carbons (Fsp3) is 0.267. The Kier molecular flexibility index (Phi) is 4.57. The minimum absolute atomic E-state index is 0.0375. The highest BCUT2D eigenvalue weighted by molar-refractivity contribution is 5.76. The number of benzene rings is 1. The summed E-state index contributed by atoms with van der Waals surface area (Å²) in [6.07, 6.45) is 1.45. The Balaban J connectivity index is 2.38. The summed E-state index contributed by atoms with van der Waals surface area (Å²) >= 11 is 0. The van der Waals surface area contributed by atoms with E-state index in [0.29, 0.717) is 12.0 Å². The van der Waals surface area contributed by atoms with Crippen LogP contribution in [0.5, 0.6) is 0 Å². The van der Waals surface area contributed by atoms with Crippen LogP contribution in [0.2, 0.25) is 0 Å². The molecule has 1 unspecified atom stereocenters. The Morgan fingerprint density at radius 2 is 2.10 bits per heavy atom. The van der Waals surface area contributed by atoms with Crippen LogP contribution in [0.25, 0.3) is 0 Å². The van der Waals surface area contributed by atoms with Crippen molar-refractivity contribution < 1.29 is 18.7 Å². The maximum absolute atomic E-state index is 14.2. The van der Waals surface area contributed by atoms with E-state index in [1.807, 2.05) is 0 Å². The zero-order valence-corrected chi connectivity index (χ0v) is 11.4. The van der Waals surface area contributed by atoms with Crippen molar-refractivity contribution in [1.82, 2.24) is 9.97 Å². The average molecular weight is 292 g/mol. The maximum Gasteiger partial charge on any atom is 0.313 e. The molecule has 2 rings (SSSR count). The van der Waals surface area contributed by atoms with E-state index in [9.17, 15) is 18.7 Å². The van der Waals surface area contributed by atoms with E-state index < -0.39 is 23.5 Å². The van der Waals surface area contributed by atoms with Gasteiger partial charge in [0.2, 0.25) is 0 Å². The summed E-state index contributed by atoms with van der Waals surface area (Å²) < 4.78 is 27.4. The third-order valence-electron chi connectivity index (χ3n) is 3.18. The van der Waals surface area contributed by atoms with Crippen molar-refractivity contribution in [3.63, 3.8) is 0 Å². The molecular weight excluding hydrogens is 278 g/mol. The Bertz CT molecular complexity index is 662. The van der Waals surface area contributed by atoms with Crippen LogP contribution in [0, 0.1) is 11.6 Å². The number of carboxylic acid groups (broad SMARTS) is 1. The number of nitrogens with zero attached hydrogens (tertiary/aromatic N) is 2. The number of hydrogen-bond acceptors (Lipinski definition) is 3. The minimum atomic E-state index is -1.21. The summed E-state index contributed by atoms with van der Waals surface area (Å²) in [7, 11) is 0. The molecule has 1 heterocycles. The van der Waals surface area contributed by atoms with Gasteiger partial charge < -0.3 is 5.11 Å². The number of aliphatic carboxylic acids is 1. The van der Waals surface area contributed by atoms with Crippen molar-refractivity contribution in [2.24, 2.45) is 0 Å². The molecule has 0 bridgehead atoms. The van der Waals surface area contributed by atoms with Crippen molar-refractivity contribution in [3.8, 4) is 0 Å². The molecule has 0 aliphatic heterocycles. The number of rotatable bonds is 5. The van der Waals surface area contributed by atoms with Crippen LogP contribution < -0.4 is 0 Å². The lowest BCUT2D eigenvalue weighted by atomic mass is 9.95. The van der Waals surface area contributed by atoms with Crippen molar-refractivity contribution in [2.75, 3.05) is 0 Å². The minimum Gasteiger partial charge on any atom is -0.481 e. The van der Waals surface area contributed by atoms with E-state index in [1.165, 1.54) is 18.2 Å². The first-order valence-electron chi connectivity index (χ1n) is 6.49. The molecule has 110 valence electrons. The van der Waals surface area contributed by atoms with E-state index in [4.69, 9.17) is 0 Å². The number of carbonyl (C=O) groups is 1. The first-order valence-corrected chi connectivity index (χ1v) is 6.49. The number of halogens is 2. The Morgan fingerprint density at radius 3 is 2.71 bits per heavy atom. The first-order chi connectivity index (χ1) is 10.0. The SMILES string of the molecule is CCc1ncnc(C(Cc2cccc(F)c2)C(=O)O)c1F. The molecule has 1 N–H and O–H groups in total. The van der Waals surface area contributed by atoms with Gasteiger partial charge >= 0.3 is 5.97 Å². The molecule has 1 atom stereocenters. The molecule has 0 aliphatic rings. The summed E-state index contributed by atoms with van der Waals surface area (Å²) in [5.74, 6) is -3.56. The van der Waals surface area contributed by atoms with Gasteiger partial charge in [0, 0.05) is 0 Å². The molecule has 0 fully saturated rings. The van der Waals surface area contributed by atoms with Gasteiger partial charge in [-0.05, 0) is 30.5 Å². The molecule has 0 amide bonds. The van der Waals surface area contributed by atoms with E-state index in [0.717, 1.165) is 6.33 Å². The number of aryl methyl sites for hydroxylation is 1. The average Bonchev–Trinajstić information content (AvgIpc) is 2.45. The molecule has 2 aromatic rings. The van der Waals surface area contributed by atoms with Gasteiger partial charge in [-0.1, -0.05) is 19.1 Å². The smallest absolute Gasteiger partial charge is 0.313 e. The normalized spacial score (nSPS) is 12.1. The highest BCUT2D eigenvalue weighted by atomic mass is 19.1. The standard InChI is InChI=1S/C15H14F2N2O2/c1-2-12-13(17)14(19-8-18-12)11(15(20)21)7-9-4-3-5-10(16)6-9/h3-6,8,11H,2,7H2,1H3,(H,20,21). The largest absolute Gasteiger partial charge is 0.481 e. The fourth-order valence-corrected chi connectivity index (χ4v) is 2.11. The summed E-state index contributed by atoms with van der Waals surface area (Å²) in [4.78, 5) is 19.0. The highest BCUT2D eigenvalue weighted by Gasteiger charge is 2.26. The lowest BCUT2D eigenvalue weighted by Crippen LogP contribution is -2.19. The second-order valence-corrected chi connectivity index (χ2v) is 4.60. The van der Waals surface area contributed by atoms with Gasteiger partial charge in [0.25, 0.3) is 0 Å². The summed E-state index contributed by atoms with van der Waals surface area (Å²) in [6.45, 7) is 1.72. The third-order valence-corrected chi connectivity index (χ3v) is 3.18. The molecule has 0 spiro atoms. The van der Waals surface area contributed by atoms with Crippen LogP contribution in [0.4, 0.5) is 8.78 Å². The number of carboxylic acids is 1. The Hall–Kier alpha value is -2.37. The monoisotopic (exact) mass is 292 g/mol. The quantitative estimate of drug-likeness (QED) is 0.920. The van der Waals surface area contributed by atoms with Crippen LogP contribution in [0.15, 0.2) is 30.6 Å². The van der Waals surface area contributed by atoms with E-state index in [2.05, 4.69) is 9.97 Å². The summed E-state index contributed by atoms with van der Waals surface area (Å²) in [6, 6.07) is 5.58. The van der Waals surface area contributed by atoms with E-state index in [-0.39, 0.29) is 17.8 Å². The molecule has 1 aromatic heterocycles. The molecule has 6 heteroatoms. The molecule has 0 saturated carbocycles. The molecule has 0 radical (unpaired) electrons. The second-order valence-electron chi connectivity index (χ2n) is 4.60. The van der Waals surface area contributed by atoms with Crippen molar-refractivity contribution in [1.29, 1.82) is 0 Å². The molecule has 1 aromatic carbocycles. The van der Waals surface area contributed by atoms with Crippen LogP contribution in [0.1, 0.15) is 29.8 Å². The van der Waals surface area contributed by atoms with E-state index >= 15 is 0 Å². The molecular formula is C15H14F2N2O2. The zero-order valence-electron chi connectivity index (χ0n) is 11.4. The fourth-order valence-electron chi connectivity index (χ4n) is 2.11. The zero-order chi connectivity index (χ0) is 15.4. The van der Waals surface area contributed by atoms with Gasteiger partial charge in [0.15, 0.2) is 5.82 Å². The van der Waals surface area contributed by atoms with Crippen LogP contribution >= 0.6 is 0 Å². The Morgan fingerprint density at radius 1 is 1.33 bits per heavy atom. The van der Waals surface area contributed by atoms with Crippen LogP contribution in [0.3, 0.4) is 0 Å². The first kappa shape index (κ1) is 15.0. The lowest BCUT2D eigenvalue weighted by Gasteiger charge is -2.14.